The van der Waals surface area contributed by atoms with Crippen LogP contribution in [-0.2, 0) is 11.3 Å². The number of carbonyl (C=O) groups excluding carboxylic acids is 1. The number of amides is 1. The van der Waals surface area contributed by atoms with Crippen LogP contribution in [0, 0.1) is 0 Å². The molecule has 150 valence electrons. The summed E-state index contributed by atoms with van der Waals surface area (Å²) >= 11 is 0. The molecule has 0 aliphatic rings. The fourth-order valence-corrected chi connectivity index (χ4v) is 3.15. The zero-order chi connectivity index (χ0) is 20.9. The number of ether oxygens (including phenoxy) is 1. The van der Waals surface area contributed by atoms with Gasteiger partial charge in [0.25, 0.3) is 5.91 Å². The molecule has 2 aromatic carbocycles. The molecule has 0 fully saturated rings. The van der Waals surface area contributed by atoms with Gasteiger partial charge in [0, 0.05) is 6.20 Å². The van der Waals surface area contributed by atoms with Crippen LogP contribution in [0.2, 0.25) is 0 Å². The zero-order valence-corrected chi connectivity index (χ0v) is 16.2. The Morgan fingerprint density at radius 2 is 2.03 bits per heavy atom. The van der Waals surface area contributed by atoms with Crippen LogP contribution in [0.4, 0.5) is 0 Å². The lowest BCUT2D eigenvalue weighted by molar-refractivity contribution is -0.647. The molecule has 8 nitrogen and oxygen atoms in total. The summed E-state index contributed by atoms with van der Waals surface area (Å²) in [6.45, 7) is 0.0234. The smallest absolute Gasteiger partial charge is 0.306 e. The first-order chi connectivity index (χ1) is 14.7. The van der Waals surface area contributed by atoms with Gasteiger partial charge in [0.05, 0.1) is 13.3 Å². The Bertz CT molecular complexity index is 1220. The fraction of sp³-hybridized carbons (Fsp3) is 0.0909. The summed E-state index contributed by atoms with van der Waals surface area (Å²) in [7, 11) is 1.43. The summed E-state index contributed by atoms with van der Waals surface area (Å²) in [5.74, 6) is 0.306. The molecule has 0 radical (unpaired) electrons. The Balaban J connectivity index is 1.56. The molecule has 30 heavy (non-hydrogen) atoms. The number of para-hydroxylation sites is 3. The fourth-order valence-electron chi connectivity index (χ4n) is 3.15. The van der Waals surface area contributed by atoms with Crippen molar-refractivity contribution in [1.29, 1.82) is 0 Å². The predicted molar refractivity (Wildman–Crippen MR) is 110 cm³/mol. The molecule has 0 unspecified atom stereocenters. The molecule has 0 aliphatic carbocycles. The number of methoxy groups -OCH3 is 1. The van der Waals surface area contributed by atoms with Crippen LogP contribution in [-0.4, -0.2) is 29.2 Å². The third kappa shape index (κ3) is 3.83. The van der Waals surface area contributed by atoms with Crippen molar-refractivity contribution in [2.45, 2.75) is 6.54 Å². The minimum Gasteiger partial charge on any atom is -0.870 e. The number of H-pyrrole nitrogens is 1. The molecule has 0 saturated carbocycles. The first-order valence-corrected chi connectivity index (χ1v) is 9.25. The van der Waals surface area contributed by atoms with Crippen LogP contribution in [0.15, 0.2) is 72.0 Å². The molecule has 0 atom stereocenters. The Labute approximate surface area is 172 Å². The zero-order valence-electron chi connectivity index (χ0n) is 16.2. The number of carbonyl (C=O) groups is 1. The van der Waals surface area contributed by atoms with Gasteiger partial charge in [0.15, 0.2) is 23.3 Å². The molecule has 1 amide bonds. The van der Waals surface area contributed by atoms with Crippen molar-refractivity contribution in [3.63, 3.8) is 0 Å². The summed E-state index contributed by atoms with van der Waals surface area (Å²) < 4.78 is 6.85. The third-order valence-electron chi connectivity index (χ3n) is 4.55. The van der Waals surface area contributed by atoms with Gasteiger partial charge in [-0.05, 0) is 35.9 Å². The number of imidazole rings is 1. The molecule has 4 rings (SSSR count). The summed E-state index contributed by atoms with van der Waals surface area (Å²) in [5.41, 5.74) is 5.27. The molecule has 0 aliphatic heterocycles. The largest absolute Gasteiger partial charge is 0.870 e. The lowest BCUT2D eigenvalue weighted by Gasteiger charge is -2.14. The molecule has 0 saturated heterocycles. The van der Waals surface area contributed by atoms with Gasteiger partial charge in [0.2, 0.25) is 0 Å². The van der Waals surface area contributed by atoms with Crippen LogP contribution in [0.5, 0.6) is 11.5 Å². The number of hydrogen-bond acceptors (Lipinski definition) is 5. The van der Waals surface area contributed by atoms with Crippen molar-refractivity contribution in [2.24, 2.45) is 5.10 Å². The van der Waals surface area contributed by atoms with E-state index in [0.717, 1.165) is 16.7 Å². The van der Waals surface area contributed by atoms with E-state index in [4.69, 9.17) is 4.74 Å². The SMILES string of the molecule is COc1cccc(C=NNC(=O)C[n+]2c(-c3ccccn3)[nH]c3ccccc32)c1[O-]. The van der Waals surface area contributed by atoms with E-state index in [0.29, 0.717) is 11.4 Å². The minimum absolute atomic E-state index is 0.0234. The molecule has 2 N–H and O–H groups in total. The Hall–Kier alpha value is -4.20. The average molecular weight is 401 g/mol. The van der Waals surface area contributed by atoms with Crippen LogP contribution >= 0.6 is 0 Å². The highest BCUT2D eigenvalue weighted by atomic mass is 16.5. The van der Waals surface area contributed by atoms with Gasteiger partial charge >= 0.3 is 5.82 Å². The summed E-state index contributed by atoms with van der Waals surface area (Å²) in [6, 6.07) is 18.1. The van der Waals surface area contributed by atoms with E-state index in [1.807, 2.05) is 47.0 Å². The number of nitrogens with zero attached hydrogens (tertiary/aromatic N) is 3. The average Bonchev–Trinajstić information content (AvgIpc) is 3.14. The maximum atomic E-state index is 12.6. The van der Waals surface area contributed by atoms with E-state index >= 15 is 0 Å². The normalized spacial score (nSPS) is 11.1. The summed E-state index contributed by atoms with van der Waals surface area (Å²) in [6.07, 6.45) is 3.01. The van der Waals surface area contributed by atoms with Gasteiger partial charge < -0.3 is 9.84 Å². The second kappa shape index (κ2) is 8.44. The number of pyridine rings is 1. The van der Waals surface area contributed by atoms with Gasteiger partial charge in [-0.3, -0.25) is 4.79 Å². The van der Waals surface area contributed by atoms with Crippen molar-refractivity contribution in [3.8, 4) is 23.0 Å². The van der Waals surface area contributed by atoms with Crippen molar-refractivity contribution in [3.05, 3.63) is 72.4 Å². The second-order valence-corrected chi connectivity index (χ2v) is 6.46. The maximum Gasteiger partial charge on any atom is 0.306 e. The van der Waals surface area contributed by atoms with Crippen LogP contribution in [0.25, 0.3) is 22.6 Å². The maximum absolute atomic E-state index is 12.6. The number of hydrogen-bond donors (Lipinski definition) is 2. The van der Waals surface area contributed by atoms with E-state index < -0.39 is 0 Å². The lowest BCUT2D eigenvalue weighted by atomic mass is 10.2. The number of benzene rings is 2. The van der Waals surface area contributed by atoms with Crippen molar-refractivity contribution in [1.82, 2.24) is 15.4 Å². The topological polar surface area (TPSA) is 106 Å². The Morgan fingerprint density at radius 1 is 1.20 bits per heavy atom. The van der Waals surface area contributed by atoms with Gasteiger partial charge in [-0.1, -0.05) is 36.1 Å². The molecule has 2 aromatic heterocycles. The molecular formula is C22H19N5O3. The number of nitrogens with one attached hydrogen (secondary N) is 2. The van der Waals surface area contributed by atoms with Crippen LogP contribution in [0.1, 0.15) is 5.56 Å². The lowest BCUT2D eigenvalue weighted by Crippen LogP contribution is -2.42. The number of hydrazone groups is 1. The highest BCUT2D eigenvalue weighted by molar-refractivity contribution is 5.86. The molecular weight excluding hydrogens is 382 g/mol. The molecule has 0 spiro atoms. The van der Waals surface area contributed by atoms with Gasteiger partial charge in [-0.25, -0.2) is 20.0 Å². The van der Waals surface area contributed by atoms with Crippen molar-refractivity contribution in [2.75, 3.05) is 7.11 Å². The summed E-state index contributed by atoms with van der Waals surface area (Å²) in [4.78, 5) is 20.2. The van der Waals surface area contributed by atoms with Crippen LogP contribution < -0.4 is 19.8 Å². The molecule has 2 heterocycles. The number of aromatic nitrogens is 3. The van der Waals surface area contributed by atoms with E-state index in [2.05, 4.69) is 20.5 Å². The number of aromatic amines is 1. The van der Waals surface area contributed by atoms with Crippen molar-refractivity contribution >= 4 is 23.2 Å². The molecule has 8 heteroatoms. The quantitative estimate of drug-likeness (QED) is 0.292. The number of fused-ring (bicyclic) bond motifs is 1. The Kier molecular flexibility index (Phi) is 5.38. The van der Waals surface area contributed by atoms with E-state index in [1.54, 1.807) is 24.4 Å². The Morgan fingerprint density at radius 3 is 2.83 bits per heavy atom. The molecule has 4 aromatic rings. The van der Waals surface area contributed by atoms with Crippen LogP contribution in [0.3, 0.4) is 0 Å². The minimum atomic E-state index is -0.339. The van der Waals surface area contributed by atoms with E-state index in [9.17, 15) is 9.90 Å². The van der Waals surface area contributed by atoms with Gasteiger partial charge in [-0.15, -0.1) is 0 Å². The first-order valence-electron chi connectivity index (χ1n) is 9.25. The molecule has 0 bridgehead atoms. The van der Waals surface area contributed by atoms with Gasteiger partial charge in [0.1, 0.15) is 5.75 Å². The summed E-state index contributed by atoms with van der Waals surface area (Å²) in [5, 5.41) is 16.1. The highest BCUT2D eigenvalue weighted by Gasteiger charge is 2.22. The van der Waals surface area contributed by atoms with E-state index in [-0.39, 0.29) is 24.0 Å². The first kappa shape index (κ1) is 19.1. The highest BCUT2D eigenvalue weighted by Crippen LogP contribution is 2.25. The second-order valence-electron chi connectivity index (χ2n) is 6.46. The van der Waals surface area contributed by atoms with Gasteiger partial charge in [-0.2, -0.15) is 5.10 Å². The van der Waals surface area contributed by atoms with E-state index in [1.165, 1.54) is 13.3 Å². The monoisotopic (exact) mass is 401 g/mol. The third-order valence-corrected chi connectivity index (χ3v) is 4.55. The standard InChI is InChI=1S/C22H19N5O3/c1-30-19-11-6-7-15(21(19)29)13-24-26-20(28)14-27-18-10-3-2-8-16(18)25-22(27)17-9-4-5-12-23-17/h2-13H,14H2,1H3,(H2,23,24,25,26,28,29). The van der Waals surface area contributed by atoms with Crippen molar-refractivity contribution < 1.29 is 19.2 Å². The number of rotatable bonds is 6. The predicted octanol–water partition coefficient (Wildman–Crippen LogP) is 1.75.